The van der Waals surface area contributed by atoms with Gasteiger partial charge in [-0.25, -0.2) is 0 Å². The van der Waals surface area contributed by atoms with Crippen molar-refractivity contribution < 1.29 is 5.11 Å². The Morgan fingerprint density at radius 3 is 2.56 bits per heavy atom. The van der Waals surface area contributed by atoms with Crippen LogP contribution in [0.15, 0.2) is 24.5 Å². The van der Waals surface area contributed by atoms with Crippen molar-refractivity contribution in [1.82, 2.24) is 10.3 Å². The first-order valence-corrected chi connectivity index (χ1v) is 5.81. The molecule has 16 heavy (non-hydrogen) atoms. The van der Waals surface area contributed by atoms with Gasteiger partial charge in [0.25, 0.3) is 0 Å². The van der Waals surface area contributed by atoms with E-state index in [1.54, 1.807) is 12.4 Å². The van der Waals surface area contributed by atoms with Gasteiger partial charge in [0.05, 0.1) is 5.60 Å². The third-order valence-corrected chi connectivity index (χ3v) is 2.43. The zero-order valence-corrected chi connectivity index (χ0v) is 10.4. The second kappa shape index (κ2) is 5.97. The predicted octanol–water partition coefficient (Wildman–Crippen LogP) is 1.97. The summed E-state index contributed by atoms with van der Waals surface area (Å²) in [7, 11) is 0. The quantitative estimate of drug-likeness (QED) is 0.773. The lowest BCUT2D eigenvalue weighted by Gasteiger charge is -2.25. The fourth-order valence-electron chi connectivity index (χ4n) is 1.93. The maximum Gasteiger partial charge on any atom is 0.0746 e. The van der Waals surface area contributed by atoms with Crippen molar-refractivity contribution in [3.8, 4) is 0 Å². The van der Waals surface area contributed by atoms with Crippen molar-refractivity contribution in [3.63, 3.8) is 0 Å². The van der Waals surface area contributed by atoms with E-state index in [0.29, 0.717) is 12.5 Å². The van der Waals surface area contributed by atoms with Gasteiger partial charge in [-0.05, 0) is 37.0 Å². The number of nitrogens with zero attached hydrogens (tertiary/aromatic N) is 1. The first-order valence-electron chi connectivity index (χ1n) is 5.81. The standard InChI is InChI=1S/C13H22N2O/c1-11(2)8-13(3,16)10-15-9-12-4-6-14-7-5-12/h4-7,11,15-16H,8-10H2,1-3H3. The van der Waals surface area contributed by atoms with Crippen LogP contribution in [-0.4, -0.2) is 22.2 Å². The van der Waals surface area contributed by atoms with E-state index in [-0.39, 0.29) is 0 Å². The summed E-state index contributed by atoms with van der Waals surface area (Å²) in [6.45, 7) is 7.52. The number of pyridine rings is 1. The fourth-order valence-corrected chi connectivity index (χ4v) is 1.93. The van der Waals surface area contributed by atoms with E-state index in [1.165, 1.54) is 5.56 Å². The summed E-state index contributed by atoms with van der Waals surface area (Å²) in [5.41, 5.74) is 0.566. The van der Waals surface area contributed by atoms with Crippen LogP contribution in [0.1, 0.15) is 32.8 Å². The van der Waals surface area contributed by atoms with E-state index in [9.17, 15) is 5.11 Å². The molecule has 90 valence electrons. The minimum absolute atomic E-state index is 0.512. The molecular formula is C13H22N2O. The van der Waals surface area contributed by atoms with Crippen LogP contribution in [0.4, 0.5) is 0 Å². The van der Waals surface area contributed by atoms with Crippen molar-refractivity contribution in [2.24, 2.45) is 5.92 Å². The highest BCUT2D eigenvalue weighted by Crippen LogP contribution is 2.15. The molecule has 1 aromatic rings. The zero-order valence-electron chi connectivity index (χ0n) is 10.4. The highest BCUT2D eigenvalue weighted by molar-refractivity contribution is 5.09. The maximum absolute atomic E-state index is 10.1. The lowest BCUT2D eigenvalue weighted by Crippen LogP contribution is -2.38. The van der Waals surface area contributed by atoms with Gasteiger partial charge in [-0.15, -0.1) is 0 Å². The second-order valence-electron chi connectivity index (χ2n) is 5.05. The molecule has 0 aliphatic carbocycles. The normalized spacial score (nSPS) is 15.1. The summed E-state index contributed by atoms with van der Waals surface area (Å²) < 4.78 is 0. The fraction of sp³-hybridized carbons (Fsp3) is 0.615. The van der Waals surface area contributed by atoms with Gasteiger partial charge in [0.1, 0.15) is 0 Å². The first-order chi connectivity index (χ1) is 7.49. The second-order valence-corrected chi connectivity index (χ2v) is 5.05. The Kier molecular flexibility index (Phi) is 4.90. The molecule has 0 saturated carbocycles. The van der Waals surface area contributed by atoms with Crippen LogP contribution >= 0.6 is 0 Å². The Balaban J connectivity index is 2.30. The molecule has 1 aromatic heterocycles. The Morgan fingerprint density at radius 2 is 2.00 bits per heavy atom. The van der Waals surface area contributed by atoms with E-state index in [4.69, 9.17) is 0 Å². The van der Waals surface area contributed by atoms with Gasteiger partial charge < -0.3 is 10.4 Å². The number of hydrogen-bond acceptors (Lipinski definition) is 3. The average molecular weight is 222 g/mol. The molecule has 3 heteroatoms. The molecule has 2 N–H and O–H groups in total. The summed E-state index contributed by atoms with van der Waals surface area (Å²) in [5.74, 6) is 0.512. The molecule has 0 aliphatic heterocycles. The van der Waals surface area contributed by atoms with Crippen LogP contribution in [-0.2, 0) is 6.54 Å². The zero-order chi connectivity index (χ0) is 12.0. The Hall–Kier alpha value is -0.930. The molecule has 0 saturated heterocycles. The molecule has 0 amide bonds. The van der Waals surface area contributed by atoms with Gasteiger partial charge in [0.2, 0.25) is 0 Å². The largest absolute Gasteiger partial charge is 0.389 e. The molecule has 1 heterocycles. The number of aliphatic hydroxyl groups is 1. The van der Waals surface area contributed by atoms with Crippen molar-refractivity contribution in [1.29, 1.82) is 0 Å². The van der Waals surface area contributed by atoms with E-state index in [0.717, 1.165) is 13.0 Å². The minimum Gasteiger partial charge on any atom is -0.389 e. The number of hydrogen-bond donors (Lipinski definition) is 2. The topological polar surface area (TPSA) is 45.1 Å². The minimum atomic E-state index is -0.624. The third kappa shape index (κ3) is 5.24. The summed E-state index contributed by atoms with van der Waals surface area (Å²) in [6.07, 6.45) is 4.38. The molecule has 0 fully saturated rings. The SMILES string of the molecule is CC(C)CC(C)(O)CNCc1ccncc1. The lowest BCUT2D eigenvalue weighted by atomic mass is 9.94. The summed E-state index contributed by atoms with van der Waals surface area (Å²) in [4.78, 5) is 3.96. The maximum atomic E-state index is 10.1. The van der Waals surface area contributed by atoms with Gasteiger partial charge in [-0.2, -0.15) is 0 Å². The molecule has 0 bridgehead atoms. The van der Waals surface area contributed by atoms with Crippen LogP contribution in [0.25, 0.3) is 0 Å². The van der Waals surface area contributed by atoms with Crippen LogP contribution in [0.3, 0.4) is 0 Å². The predicted molar refractivity (Wildman–Crippen MR) is 66.0 cm³/mol. The monoisotopic (exact) mass is 222 g/mol. The summed E-state index contributed by atoms with van der Waals surface area (Å²) in [6, 6.07) is 3.95. The molecule has 0 aromatic carbocycles. The van der Waals surface area contributed by atoms with Gasteiger partial charge >= 0.3 is 0 Å². The average Bonchev–Trinajstić information content (AvgIpc) is 2.16. The summed E-state index contributed by atoms with van der Waals surface area (Å²) in [5, 5.41) is 13.4. The highest BCUT2D eigenvalue weighted by Gasteiger charge is 2.20. The molecule has 0 spiro atoms. The van der Waals surface area contributed by atoms with Crippen LogP contribution < -0.4 is 5.32 Å². The van der Waals surface area contributed by atoms with E-state index < -0.39 is 5.60 Å². The number of nitrogens with one attached hydrogen (secondary N) is 1. The van der Waals surface area contributed by atoms with Crippen molar-refractivity contribution >= 4 is 0 Å². The summed E-state index contributed by atoms with van der Waals surface area (Å²) >= 11 is 0. The highest BCUT2D eigenvalue weighted by atomic mass is 16.3. The lowest BCUT2D eigenvalue weighted by molar-refractivity contribution is 0.0383. The molecule has 0 aliphatic rings. The van der Waals surface area contributed by atoms with Gasteiger partial charge in [0.15, 0.2) is 0 Å². The third-order valence-electron chi connectivity index (χ3n) is 2.43. The Morgan fingerprint density at radius 1 is 1.38 bits per heavy atom. The van der Waals surface area contributed by atoms with Gasteiger partial charge in [-0.1, -0.05) is 13.8 Å². The molecule has 0 radical (unpaired) electrons. The van der Waals surface area contributed by atoms with Crippen molar-refractivity contribution in [3.05, 3.63) is 30.1 Å². The first kappa shape index (κ1) is 13.1. The molecular weight excluding hydrogens is 200 g/mol. The molecule has 1 atom stereocenters. The molecule has 1 rings (SSSR count). The van der Waals surface area contributed by atoms with Crippen LogP contribution in [0, 0.1) is 5.92 Å². The van der Waals surface area contributed by atoms with Gasteiger partial charge in [-0.3, -0.25) is 4.98 Å². The van der Waals surface area contributed by atoms with Crippen molar-refractivity contribution in [2.75, 3.05) is 6.54 Å². The van der Waals surface area contributed by atoms with E-state index in [1.807, 2.05) is 19.1 Å². The Bertz CT molecular complexity index is 296. The molecule has 1 unspecified atom stereocenters. The molecule has 3 nitrogen and oxygen atoms in total. The van der Waals surface area contributed by atoms with Crippen LogP contribution in [0.5, 0.6) is 0 Å². The van der Waals surface area contributed by atoms with E-state index in [2.05, 4.69) is 24.1 Å². The van der Waals surface area contributed by atoms with Gasteiger partial charge in [0, 0.05) is 25.5 Å². The van der Waals surface area contributed by atoms with Crippen molar-refractivity contribution in [2.45, 2.75) is 39.3 Å². The Labute approximate surface area is 97.9 Å². The van der Waals surface area contributed by atoms with Crippen LogP contribution in [0.2, 0.25) is 0 Å². The smallest absolute Gasteiger partial charge is 0.0746 e. The number of rotatable bonds is 6. The number of aromatic nitrogens is 1. The van der Waals surface area contributed by atoms with E-state index >= 15 is 0 Å².